The van der Waals surface area contributed by atoms with Gasteiger partial charge in [-0.25, -0.2) is 0 Å². The van der Waals surface area contributed by atoms with Crippen LogP contribution >= 0.6 is 0 Å². The van der Waals surface area contributed by atoms with Crippen LogP contribution in [0.3, 0.4) is 0 Å². The maximum Gasteiger partial charge on any atom is 0.146 e. The zero-order chi connectivity index (χ0) is 27.3. The topological polar surface area (TPSA) is 92.3 Å². The molecule has 0 N–H and O–H groups in total. The summed E-state index contributed by atoms with van der Waals surface area (Å²) in [6.45, 7) is 1.20. The summed E-state index contributed by atoms with van der Waals surface area (Å²) >= 11 is 0. The average molecular weight is 539 g/mol. The van der Waals surface area contributed by atoms with E-state index < -0.39 is 24.4 Å². The first-order chi connectivity index (χ1) is 18.7. The van der Waals surface area contributed by atoms with Crippen molar-refractivity contribution in [3.8, 4) is 0 Å². The molecule has 0 bridgehead atoms. The lowest BCUT2D eigenvalue weighted by molar-refractivity contribution is -0.241. The van der Waals surface area contributed by atoms with Crippen LogP contribution in [0.4, 0.5) is 0 Å². The molecule has 0 heterocycles. The van der Waals surface area contributed by atoms with Gasteiger partial charge in [0, 0.05) is 28.4 Å². The number of hydrogen-bond donors (Lipinski definition) is 0. The van der Waals surface area contributed by atoms with Crippen molar-refractivity contribution in [2.45, 2.75) is 37.6 Å². The van der Waals surface area contributed by atoms with Gasteiger partial charge in [0.15, 0.2) is 0 Å². The molecule has 0 aliphatic heterocycles. The van der Waals surface area contributed by atoms with E-state index >= 15 is 0 Å². The Labute approximate surface area is 225 Å². The van der Waals surface area contributed by atoms with Gasteiger partial charge in [0.25, 0.3) is 0 Å². The summed E-state index contributed by atoms with van der Waals surface area (Å²) in [6, 6.07) is 19.7. The van der Waals surface area contributed by atoms with Crippen LogP contribution in [0, 0.1) is 0 Å². The minimum atomic E-state index is -0.683. The van der Waals surface area contributed by atoms with Crippen molar-refractivity contribution in [2.75, 3.05) is 68.8 Å². The Hall–Kier alpha value is -1.96. The van der Waals surface area contributed by atoms with Gasteiger partial charge in [0.1, 0.15) is 51.6 Å². The zero-order valence-corrected chi connectivity index (χ0v) is 22.8. The summed E-state index contributed by atoms with van der Waals surface area (Å²) in [4.78, 5) is 0. The molecule has 0 fully saturated rings. The van der Waals surface area contributed by atoms with Crippen LogP contribution in [0.2, 0.25) is 0 Å². The van der Waals surface area contributed by atoms with Crippen LogP contribution in [0.5, 0.6) is 0 Å². The quantitative estimate of drug-likeness (QED) is 0.155. The van der Waals surface area contributed by atoms with Crippen LogP contribution in [-0.2, 0) is 60.6 Å². The molecule has 38 heavy (non-hydrogen) atoms. The Morgan fingerprint density at radius 2 is 0.842 bits per heavy atom. The highest BCUT2D eigenvalue weighted by molar-refractivity contribution is 5.14. The first kappa shape index (κ1) is 32.3. The Morgan fingerprint density at radius 3 is 1.18 bits per heavy atom. The number of methoxy groups -OCH3 is 4. The first-order valence-electron chi connectivity index (χ1n) is 12.4. The second kappa shape index (κ2) is 20.9. The summed E-state index contributed by atoms with van der Waals surface area (Å²) in [6.07, 6.45) is -2.52. The number of hydrogen-bond acceptors (Lipinski definition) is 10. The zero-order valence-electron chi connectivity index (χ0n) is 22.8. The highest BCUT2D eigenvalue weighted by Gasteiger charge is 2.39. The normalized spacial score (nSPS) is 14.7. The van der Waals surface area contributed by atoms with Gasteiger partial charge in [0.2, 0.25) is 0 Å². The number of ether oxygens (including phenoxy) is 10. The van der Waals surface area contributed by atoms with Gasteiger partial charge in [-0.05, 0) is 11.1 Å². The molecule has 0 aliphatic rings. The molecule has 0 aromatic heterocycles. The fraction of sp³-hybridized carbons (Fsp3) is 0.571. The van der Waals surface area contributed by atoms with Crippen molar-refractivity contribution in [1.29, 1.82) is 0 Å². The van der Waals surface area contributed by atoms with E-state index in [-0.39, 0.29) is 40.4 Å². The van der Waals surface area contributed by atoms with Gasteiger partial charge < -0.3 is 47.4 Å². The van der Waals surface area contributed by atoms with E-state index in [0.717, 1.165) is 11.1 Å². The summed E-state index contributed by atoms with van der Waals surface area (Å²) in [7, 11) is 6.22. The van der Waals surface area contributed by atoms with E-state index in [1.165, 1.54) is 0 Å². The second-order valence-electron chi connectivity index (χ2n) is 8.30. The van der Waals surface area contributed by atoms with Crippen LogP contribution in [0.25, 0.3) is 0 Å². The van der Waals surface area contributed by atoms with Gasteiger partial charge >= 0.3 is 0 Å². The van der Waals surface area contributed by atoms with Crippen molar-refractivity contribution in [1.82, 2.24) is 0 Å². The molecule has 2 aromatic rings. The van der Waals surface area contributed by atoms with E-state index in [1.807, 2.05) is 60.7 Å². The molecule has 0 saturated carbocycles. The predicted octanol–water partition coefficient (Wildman–Crippen LogP) is 3.38. The third-order valence-electron chi connectivity index (χ3n) is 5.39. The molecule has 0 amide bonds. The fourth-order valence-corrected chi connectivity index (χ4v) is 3.65. The molecule has 2 rings (SSSR count). The first-order valence-corrected chi connectivity index (χ1v) is 12.4. The van der Waals surface area contributed by atoms with Gasteiger partial charge in [-0.15, -0.1) is 0 Å². The van der Waals surface area contributed by atoms with E-state index in [2.05, 4.69) is 0 Å². The molecule has 0 spiro atoms. The Balaban J connectivity index is 2.32. The molecule has 214 valence electrons. The van der Waals surface area contributed by atoms with Crippen LogP contribution in [0.1, 0.15) is 11.1 Å². The van der Waals surface area contributed by atoms with Gasteiger partial charge in [-0.3, -0.25) is 0 Å². The van der Waals surface area contributed by atoms with Crippen molar-refractivity contribution in [3.63, 3.8) is 0 Å². The predicted molar refractivity (Wildman–Crippen MR) is 139 cm³/mol. The SMILES string of the molecule is COCOC[C@@H](OCc1ccccc1)[C@H](OCOC)[C@@H](OCOC)[C@@H](COCOC)OCc1ccccc1. The smallest absolute Gasteiger partial charge is 0.146 e. The maximum atomic E-state index is 6.33. The molecule has 10 nitrogen and oxygen atoms in total. The van der Waals surface area contributed by atoms with E-state index in [1.54, 1.807) is 28.4 Å². The highest BCUT2D eigenvalue weighted by Crippen LogP contribution is 2.22. The van der Waals surface area contributed by atoms with Gasteiger partial charge in [-0.1, -0.05) is 60.7 Å². The Kier molecular flexibility index (Phi) is 17.8. The highest BCUT2D eigenvalue weighted by atomic mass is 16.7. The van der Waals surface area contributed by atoms with Crippen molar-refractivity contribution < 1.29 is 47.4 Å². The van der Waals surface area contributed by atoms with Crippen molar-refractivity contribution in [3.05, 3.63) is 71.8 Å². The fourth-order valence-electron chi connectivity index (χ4n) is 3.65. The van der Waals surface area contributed by atoms with Crippen LogP contribution in [0.15, 0.2) is 60.7 Å². The molecule has 0 unspecified atom stereocenters. The van der Waals surface area contributed by atoms with Crippen LogP contribution < -0.4 is 0 Å². The monoisotopic (exact) mass is 538 g/mol. The lowest BCUT2D eigenvalue weighted by Crippen LogP contribution is -2.52. The van der Waals surface area contributed by atoms with E-state index in [4.69, 9.17) is 47.4 Å². The summed E-state index contributed by atoms with van der Waals surface area (Å²) < 4.78 is 57.1. The molecule has 10 heteroatoms. The molecule has 0 radical (unpaired) electrons. The molecule has 0 saturated heterocycles. The van der Waals surface area contributed by atoms with Gasteiger partial charge in [-0.2, -0.15) is 0 Å². The number of benzene rings is 2. The van der Waals surface area contributed by atoms with Crippen molar-refractivity contribution >= 4 is 0 Å². The largest absolute Gasteiger partial charge is 0.368 e. The van der Waals surface area contributed by atoms with Crippen LogP contribution in [-0.4, -0.2) is 93.2 Å². The molecule has 0 aliphatic carbocycles. The average Bonchev–Trinajstić information content (AvgIpc) is 2.96. The standard InChI is InChI=1S/C28H42O10/c1-29-19-33-17-25(35-15-23-11-7-5-8-12-23)27(37-21-31-3)28(38-22-32-4)26(18-34-20-30-2)36-16-24-13-9-6-10-14-24/h5-14,25-28H,15-22H2,1-4H3/t25-,26-,27+,28+/m1/s1. The second-order valence-corrected chi connectivity index (χ2v) is 8.30. The number of rotatable bonds is 23. The molecule has 2 aromatic carbocycles. The minimum absolute atomic E-state index is 0.00266. The summed E-state index contributed by atoms with van der Waals surface area (Å²) in [5.74, 6) is 0. The Bertz CT molecular complexity index is 727. The van der Waals surface area contributed by atoms with E-state index in [9.17, 15) is 0 Å². The third-order valence-corrected chi connectivity index (χ3v) is 5.39. The maximum absolute atomic E-state index is 6.33. The van der Waals surface area contributed by atoms with Gasteiger partial charge in [0.05, 0.1) is 26.4 Å². The Morgan fingerprint density at radius 1 is 0.474 bits per heavy atom. The lowest BCUT2D eigenvalue weighted by atomic mass is 10.0. The summed E-state index contributed by atoms with van der Waals surface area (Å²) in [5, 5.41) is 0. The van der Waals surface area contributed by atoms with E-state index in [0.29, 0.717) is 13.2 Å². The summed E-state index contributed by atoms with van der Waals surface area (Å²) in [5.41, 5.74) is 2.01. The lowest BCUT2D eigenvalue weighted by Gasteiger charge is -2.37. The van der Waals surface area contributed by atoms with Crippen molar-refractivity contribution in [2.24, 2.45) is 0 Å². The molecular formula is C28H42O10. The minimum Gasteiger partial charge on any atom is -0.368 e. The molecular weight excluding hydrogens is 496 g/mol. The molecule has 4 atom stereocenters. The third kappa shape index (κ3) is 12.7.